The van der Waals surface area contributed by atoms with Gasteiger partial charge in [0, 0.05) is 25.8 Å². The normalized spacial score (nSPS) is 19.7. The minimum absolute atomic E-state index is 0.904. The predicted octanol–water partition coefficient (Wildman–Crippen LogP) is 2.91. The van der Waals surface area contributed by atoms with Crippen LogP contribution in [0.25, 0.3) is 0 Å². The Morgan fingerprint density at radius 3 is 3.00 bits per heavy atom. The first-order valence-electron chi connectivity index (χ1n) is 7.44. The number of hydrogen-bond acceptors (Lipinski definition) is 3. The minimum atomic E-state index is 0.904. The average Bonchev–Trinajstić information content (AvgIpc) is 2.81. The van der Waals surface area contributed by atoms with Crippen molar-refractivity contribution in [2.75, 3.05) is 36.5 Å². The molecule has 1 saturated heterocycles. The van der Waals surface area contributed by atoms with Crippen LogP contribution in [0.2, 0.25) is 0 Å². The SMILES string of the molecule is CN1CCc2cc(CNCC3CCSCC3)ccc21. The first kappa shape index (κ1) is 13.3. The molecule has 3 rings (SSSR count). The third-order valence-electron chi connectivity index (χ3n) is 4.37. The summed E-state index contributed by atoms with van der Waals surface area (Å²) in [6.45, 7) is 3.39. The maximum atomic E-state index is 3.65. The second-order valence-electron chi connectivity index (χ2n) is 5.82. The Labute approximate surface area is 121 Å². The van der Waals surface area contributed by atoms with Crippen molar-refractivity contribution in [2.24, 2.45) is 5.92 Å². The molecule has 0 atom stereocenters. The van der Waals surface area contributed by atoms with Gasteiger partial charge < -0.3 is 10.2 Å². The lowest BCUT2D eigenvalue weighted by molar-refractivity contribution is 0.447. The van der Waals surface area contributed by atoms with Crippen LogP contribution in [0.15, 0.2) is 18.2 Å². The van der Waals surface area contributed by atoms with Gasteiger partial charge in [-0.05, 0) is 60.4 Å². The molecule has 0 aliphatic carbocycles. The lowest BCUT2D eigenvalue weighted by Gasteiger charge is -2.21. The maximum Gasteiger partial charge on any atom is 0.0397 e. The molecule has 1 fully saturated rings. The molecule has 1 aromatic rings. The van der Waals surface area contributed by atoms with Gasteiger partial charge in [-0.1, -0.05) is 12.1 Å². The highest BCUT2D eigenvalue weighted by Gasteiger charge is 2.16. The molecule has 2 aliphatic rings. The zero-order valence-corrected chi connectivity index (χ0v) is 12.6. The quantitative estimate of drug-likeness (QED) is 0.910. The van der Waals surface area contributed by atoms with Crippen LogP contribution in [-0.4, -0.2) is 31.6 Å². The summed E-state index contributed by atoms with van der Waals surface area (Å²) < 4.78 is 0. The van der Waals surface area contributed by atoms with Gasteiger partial charge in [-0.25, -0.2) is 0 Å². The van der Waals surface area contributed by atoms with Gasteiger partial charge in [0.15, 0.2) is 0 Å². The molecule has 2 heterocycles. The lowest BCUT2D eigenvalue weighted by Crippen LogP contribution is -2.25. The van der Waals surface area contributed by atoms with Crippen molar-refractivity contribution >= 4 is 17.4 Å². The van der Waals surface area contributed by atoms with Gasteiger partial charge in [-0.2, -0.15) is 11.8 Å². The fourth-order valence-electron chi connectivity index (χ4n) is 3.10. The van der Waals surface area contributed by atoms with Crippen molar-refractivity contribution in [3.63, 3.8) is 0 Å². The number of hydrogen-bond donors (Lipinski definition) is 1. The summed E-state index contributed by atoms with van der Waals surface area (Å²) in [7, 11) is 2.19. The number of benzene rings is 1. The van der Waals surface area contributed by atoms with Crippen LogP contribution >= 0.6 is 11.8 Å². The minimum Gasteiger partial charge on any atom is -0.374 e. The van der Waals surface area contributed by atoms with Crippen LogP contribution in [0.1, 0.15) is 24.0 Å². The van der Waals surface area contributed by atoms with Crippen molar-refractivity contribution < 1.29 is 0 Å². The van der Waals surface area contributed by atoms with E-state index in [4.69, 9.17) is 0 Å². The van der Waals surface area contributed by atoms with Crippen molar-refractivity contribution in [1.82, 2.24) is 5.32 Å². The van der Waals surface area contributed by atoms with Crippen LogP contribution in [0.4, 0.5) is 5.69 Å². The molecular weight excluding hydrogens is 252 g/mol. The predicted molar refractivity (Wildman–Crippen MR) is 85.2 cm³/mol. The summed E-state index contributed by atoms with van der Waals surface area (Å²) in [5, 5.41) is 3.65. The third-order valence-corrected chi connectivity index (χ3v) is 5.42. The van der Waals surface area contributed by atoms with E-state index < -0.39 is 0 Å². The zero-order valence-electron chi connectivity index (χ0n) is 11.8. The van der Waals surface area contributed by atoms with Crippen molar-refractivity contribution in [3.05, 3.63) is 29.3 Å². The van der Waals surface area contributed by atoms with Gasteiger partial charge in [0.25, 0.3) is 0 Å². The van der Waals surface area contributed by atoms with Gasteiger partial charge in [0.1, 0.15) is 0 Å². The maximum absolute atomic E-state index is 3.65. The Morgan fingerprint density at radius 1 is 1.32 bits per heavy atom. The number of likely N-dealkylation sites (N-methyl/N-ethyl adjacent to an activating group) is 1. The zero-order chi connectivity index (χ0) is 13.1. The standard InChI is InChI=1S/C16H24N2S/c1-18-7-4-15-10-14(2-3-16(15)18)12-17-11-13-5-8-19-9-6-13/h2-3,10,13,17H,4-9,11-12H2,1H3. The summed E-state index contributed by atoms with van der Waals surface area (Å²) in [5.41, 5.74) is 4.39. The molecule has 0 amide bonds. The van der Waals surface area contributed by atoms with Gasteiger partial charge >= 0.3 is 0 Å². The molecule has 0 bridgehead atoms. The van der Waals surface area contributed by atoms with E-state index in [1.54, 1.807) is 0 Å². The van der Waals surface area contributed by atoms with Gasteiger partial charge in [0.2, 0.25) is 0 Å². The molecule has 104 valence electrons. The number of nitrogens with zero attached hydrogens (tertiary/aromatic N) is 1. The number of anilines is 1. The molecule has 1 N–H and O–H groups in total. The summed E-state index contributed by atoms with van der Waals surface area (Å²) >= 11 is 2.11. The second kappa shape index (κ2) is 6.19. The molecular formula is C16H24N2S. The van der Waals surface area contributed by atoms with E-state index in [1.165, 1.54) is 60.7 Å². The van der Waals surface area contributed by atoms with Crippen LogP contribution in [0.5, 0.6) is 0 Å². The number of nitrogens with one attached hydrogen (secondary N) is 1. The highest BCUT2D eigenvalue weighted by molar-refractivity contribution is 7.99. The number of fused-ring (bicyclic) bond motifs is 1. The van der Waals surface area contributed by atoms with E-state index in [2.05, 4.69) is 47.2 Å². The number of rotatable bonds is 4. The fraction of sp³-hybridized carbons (Fsp3) is 0.625. The Balaban J connectivity index is 1.50. The molecule has 0 unspecified atom stereocenters. The first-order valence-corrected chi connectivity index (χ1v) is 8.60. The molecule has 0 saturated carbocycles. The van der Waals surface area contributed by atoms with Crippen LogP contribution in [0.3, 0.4) is 0 Å². The average molecular weight is 276 g/mol. The second-order valence-corrected chi connectivity index (χ2v) is 7.05. The first-order chi connectivity index (χ1) is 9.33. The van der Waals surface area contributed by atoms with E-state index in [1.807, 2.05) is 0 Å². The van der Waals surface area contributed by atoms with Crippen molar-refractivity contribution in [1.29, 1.82) is 0 Å². The Kier molecular flexibility index (Phi) is 4.34. The Bertz CT molecular complexity index is 427. The Morgan fingerprint density at radius 2 is 2.16 bits per heavy atom. The molecule has 2 aliphatic heterocycles. The number of thioether (sulfide) groups is 1. The summed E-state index contributed by atoms with van der Waals surface area (Å²) in [4.78, 5) is 2.35. The van der Waals surface area contributed by atoms with Crippen LogP contribution in [0, 0.1) is 5.92 Å². The van der Waals surface area contributed by atoms with Crippen LogP contribution < -0.4 is 10.2 Å². The van der Waals surface area contributed by atoms with E-state index in [9.17, 15) is 0 Å². The van der Waals surface area contributed by atoms with Crippen LogP contribution in [-0.2, 0) is 13.0 Å². The van der Waals surface area contributed by atoms with Crippen molar-refractivity contribution in [2.45, 2.75) is 25.8 Å². The van der Waals surface area contributed by atoms with E-state index in [-0.39, 0.29) is 0 Å². The monoisotopic (exact) mass is 276 g/mol. The van der Waals surface area contributed by atoms with E-state index >= 15 is 0 Å². The molecule has 3 heteroatoms. The lowest BCUT2D eigenvalue weighted by atomic mass is 10.0. The topological polar surface area (TPSA) is 15.3 Å². The Hall–Kier alpha value is -0.670. The van der Waals surface area contributed by atoms with E-state index in [0.29, 0.717) is 0 Å². The molecule has 0 aromatic heterocycles. The van der Waals surface area contributed by atoms with E-state index in [0.717, 1.165) is 12.5 Å². The summed E-state index contributed by atoms with van der Waals surface area (Å²) in [6, 6.07) is 6.96. The molecule has 2 nitrogen and oxygen atoms in total. The molecule has 0 spiro atoms. The summed E-state index contributed by atoms with van der Waals surface area (Å²) in [5.74, 6) is 3.62. The molecule has 1 aromatic carbocycles. The largest absolute Gasteiger partial charge is 0.374 e. The fourth-order valence-corrected chi connectivity index (χ4v) is 4.31. The smallest absolute Gasteiger partial charge is 0.0397 e. The molecule has 19 heavy (non-hydrogen) atoms. The van der Waals surface area contributed by atoms with Gasteiger partial charge in [-0.15, -0.1) is 0 Å². The van der Waals surface area contributed by atoms with Gasteiger partial charge in [0.05, 0.1) is 0 Å². The highest BCUT2D eigenvalue weighted by Crippen LogP contribution is 2.27. The third kappa shape index (κ3) is 3.26. The highest BCUT2D eigenvalue weighted by atomic mass is 32.2. The van der Waals surface area contributed by atoms with Crippen molar-refractivity contribution in [3.8, 4) is 0 Å². The summed E-state index contributed by atoms with van der Waals surface area (Å²) in [6.07, 6.45) is 4.00. The molecule has 0 radical (unpaired) electrons. The van der Waals surface area contributed by atoms with Gasteiger partial charge in [-0.3, -0.25) is 0 Å².